The number of ether oxygens (including phenoxy) is 4. The third kappa shape index (κ3) is 9.52. The van der Waals surface area contributed by atoms with Gasteiger partial charge in [0.2, 0.25) is 0 Å². The van der Waals surface area contributed by atoms with Crippen LogP contribution in [0.1, 0.15) is 0 Å². The van der Waals surface area contributed by atoms with Crippen LogP contribution in [0.3, 0.4) is 0 Å². The van der Waals surface area contributed by atoms with Crippen LogP contribution in [-0.2, 0) is 0 Å². The lowest BCUT2D eigenvalue weighted by Gasteiger charge is -2.30. The molecule has 0 radical (unpaired) electrons. The Labute approximate surface area is 398 Å². The highest BCUT2D eigenvalue weighted by Crippen LogP contribution is 2.44. The third-order valence-corrected chi connectivity index (χ3v) is 11.7. The molecule has 0 unspecified atom stereocenters. The fourth-order valence-electron chi connectivity index (χ4n) is 8.21. The maximum Gasteiger partial charge on any atom is 0.119 e. The van der Waals surface area contributed by atoms with Crippen molar-refractivity contribution < 1.29 is 18.9 Å². The minimum atomic E-state index is 0.697. The van der Waals surface area contributed by atoms with Crippen LogP contribution in [0, 0.1) is 0 Å². The van der Waals surface area contributed by atoms with Crippen LogP contribution in [0.2, 0.25) is 0 Å². The molecule has 0 amide bonds. The average Bonchev–Trinajstić information content (AvgIpc) is 3.40. The number of nitrogens with two attached hydrogens (primary N) is 2. The molecule has 0 aliphatic heterocycles. The fraction of sp³-hybridized carbons (Fsp3) is 0.0690. The van der Waals surface area contributed by atoms with Crippen LogP contribution >= 0.6 is 0 Å². The van der Waals surface area contributed by atoms with E-state index in [1.807, 2.05) is 97.1 Å². The zero-order valence-electron chi connectivity index (χ0n) is 38.4. The summed E-state index contributed by atoms with van der Waals surface area (Å²) in [5.41, 5.74) is 25.4. The highest BCUT2D eigenvalue weighted by Gasteiger charge is 2.20. The molecule has 0 aromatic heterocycles. The Morgan fingerprint density at radius 2 is 0.324 bits per heavy atom. The molecule has 0 bridgehead atoms. The SMILES string of the molecule is COc1ccc(N(c2ccc(N)cc2)c2ccc(N(c3ccc(N(c4ccc(N)cc4)c4ccc(OC)cc4)cc3)c3ccc(N(c4ccc(OC)cc4)c4ccc(OC)cc4)cc3)cc2)cc1. The zero-order chi connectivity index (χ0) is 47.0. The first-order valence-corrected chi connectivity index (χ1v) is 22.1. The lowest BCUT2D eigenvalue weighted by Crippen LogP contribution is -2.14. The van der Waals surface area contributed by atoms with E-state index >= 15 is 0 Å². The normalized spacial score (nSPS) is 10.8. The Balaban J connectivity index is 1.14. The summed E-state index contributed by atoms with van der Waals surface area (Å²) >= 11 is 0. The largest absolute Gasteiger partial charge is 0.497 e. The lowest BCUT2D eigenvalue weighted by atomic mass is 10.1. The van der Waals surface area contributed by atoms with Crippen molar-refractivity contribution in [2.45, 2.75) is 0 Å². The van der Waals surface area contributed by atoms with Crippen LogP contribution < -0.4 is 50.0 Å². The molecule has 0 saturated heterocycles. The number of hydrogen-bond donors (Lipinski definition) is 2. The highest BCUT2D eigenvalue weighted by molar-refractivity contribution is 5.85. The monoisotopic (exact) mass is 896 g/mol. The second kappa shape index (κ2) is 20.0. The third-order valence-electron chi connectivity index (χ3n) is 11.7. The minimum Gasteiger partial charge on any atom is -0.497 e. The molecule has 9 aromatic rings. The second-order valence-corrected chi connectivity index (χ2v) is 15.9. The molecule has 0 aliphatic rings. The smallest absolute Gasteiger partial charge is 0.119 e. The van der Waals surface area contributed by atoms with Gasteiger partial charge in [-0.2, -0.15) is 0 Å². The van der Waals surface area contributed by atoms with E-state index in [4.69, 9.17) is 30.4 Å². The molecule has 68 heavy (non-hydrogen) atoms. The van der Waals surface area contributed by atoms with Gasteiger partial charge in [0.05, 0.1) is 28.4 Å². The van der Waals surface area contributed by atoms with E-state index in [9.17, 15) is 0 Å². The van der Waals surface area contributed by atoms with Crippen molar-refractivity contribution in [2.24, 2.45) is 0 Å². The van der Waals surface area contributed by atoms with Gasteiger partial charge in [-0.05, 0) is 218 Å². The minimum absolute atomic E-state index is 0.697. The van der Waals surface area contributed by atoms with Crippen LogP contribution in [-0.4, -0.2) is 28.4 Å². The molecular weight excluding hydrogens is 845 g/mol. The number of benzene rings is 9. The first-order chi connectivity index (χ1) is 33.3. The van der Waals surface area contributed by atoms with Gasteiger partial charge >= 0.3 is 0 Å². The summed E-state index contributed by atoms with van der Waals surface area (Å²) in [6, 6.07) is 73.9. The lowest BCUT2D eigenvalue weighted by molar-refractivity contribution is 0.414. The van der Waals surface area contributed by atoms with Crippen molar-refractivity contribution in [3.63, 3.8) is 0 Å². The van der Waals surface area contributed by atoms with Crippen molar-refractivity contribution in [1.29, 1.82) is 0 Å². The summed E-state index contributed by atoms with van der Waals surface area (Å²) in [6.07, 6.45) is 0. The van der Waals surface area contributed by atoms with E-state index in [0.29, 0.717) is 11.4 Å². The first kappa shape index (κ1) is 44.2. The van der Waals surface area contributed by atoms with Crippen LogP contribution in [0.4, 0.5) is 79.6 Å². The van der Waals surface area contributed by atoms with Gasteiger partial charge in [0.25, 0.3) is 0 Å². The maximum absolute atomic E-state index is 6.15. The Morgan fingerprint density at radius 1 is 0.206 bits per heavy atom. The van der Waals surface area contributed by atoms with Crippen molar-refractivity contribution >= 4 is 79.6 Å². The highest BCUT2D eigenvalue weighted by atomic mass is 16.5. The van der Waals surface area contributed by atoms with E-state index in [-0.39, 0.29) is 0 Å². The summed E-state index contributed by atoms with van der Waals surface area (Å²) in [7, 11) is 6.70. The van der Waals surface area contributed by atoms with Crippen LogP contribution in [0.25, 0.3) is 0 Å². The number of hydrogen-bond acceptors (Lipinski definition) is 10. The number of rotatable bonds is 16. The second-order valence-electron chi connectivity index (χ2n) is 15.9. The Hall–Kier alpha value is -9.02. The Kier molecular flexibility index (Phi) is 13.0. The molecule has 10 heteroatoms. The molecule has 0 aliphatic carbocycles. The number of methoxy groups -OCH3 is 4. The fourth-order valence-corrected chi connectivity index (χ4v) is 8.21. The standard InChI is InChI=1S/C58H52N6O4/c1-65-55-33-25-51(26-34-55)61(43-9-5-41(59)6-10-43)45-13-17-47(18-14-45)63(48-19-15-46(16-20-48)62(44-11-7-42(60)8-12-44)52-27-35-56(66-2)36-28-52)49-21-23-50(24-22-49)64(53-29-37-57(67-3)38-30-53)54-31-39-58(68-4)40-32-54/h5-40H,59-60H2,1-4H3. The number of nitrogen functional groups attached to an aromatic ring is 2. The van der Waals surface area contributed by atoms with Crippen molar-refractivity contribution in [3.8, 4) is 23.0 Å². The van der Waals surface area contributed by atoms with Gasteiger partial charge in [-0.1, -0.05) is 0 Å². The zero-order valence-corrected chi connectivity index (χ0v) is 38.4. The van der Waals surface area contributed by atoms with Crippen molar-refractivity contribution in [1.82, 2.24) is 0 Å². The van der Waals surface area contributed by atoms with Crippen LogP contribution in [0.15, 0.2) is 218 Å². The summed E-state index contributed by atoms with van der Waals surface area (Å²) < 4.78 is 22.0. The van der Waals surface area contributed by atoms with E-state index < -0.39 is 0 Å². The van der Waals surface area contributed by atoms with Crippen molar-refractivity contribution in [2.75, 3.05) is 59.5 Å². The molecule has 0 heterocycles. The molecule has 0 fully saturated rings. The van der Waals surface area contributed by atoms with Gasteiger partial charge < -0.3 is 50.0 Å². The molecular formula is C58H52N6O4. The molecule has 9 rings (SSSR count). The van der Waals surface area contributed by atoms with Gasteiger partial charge in [0, 0.05) is 79.6 Å². The van der Waals surface area contributed by atoms with Gasteiger partial charge in [-0.25, -0.2) is 0 Å². The van der Waals surface area contributed by atoms with E-state index in [2.05, 4.69) is 141 Å². The molecule has 9 aromatic carbocycles. The van der Waals surface area contributed by atoms with E-state index in [0.717, 1.165) is 91.2 Å². The van der Waals surface area contributed by atoms with Crippen LogP contribution in [0.5, 0.6) is 23.0 Å². The number of anilines is 14. The quantitative estimate of drug-likeness (QED) is 0.0912. The average molecular weight is 897 g/mol. The predicted octanol–water partition coefficient (Wildman–Crippen LogP) is 14.8. The maximum atomic E-state index is 6.15. The number of nitrogens with zero attached hydrogens (tertiary/aromatic N) is 4. The predicted molar refractivity (Wildman–Crippen MR) is 280 cm³/mol. The first-order valence-electron chi connectivity index (χ1n) is 22.1. The van der Waals surface area contributed by atoms with Crippen molar-refractivity contribution in [3.05, 3.63) is 218 Å². The van der Waals surface area contributed by atoms with E-state index in [1.165, 1.54) is 0 Å². The molecule has 0 saturated carbocycles. The molecule has 10 nitrogen and oxygen atoms in total. The molecule has 4 N–H and O–H groups in total. The van der Waals surface area contributed by atoms with Gasteiger partial charge in [0.1, 0.15) is 23.0 Å². The molecule has 0 atom stereocenters. The summed E-state index contributed by atoms with van der Waals surface area (Å²) in [4.78, 5) is 8.89. The molecule has 0 spiro atoms. The summed E-state index contributed by atoms with van der Waals surface area (Å²) in [5.74, 6) is 3.14. The molecule has 338 valence electrons. The van der Waals surface area contributed by atoms with Gasteiger partial charge in [0.15, 0.2) is 0 Å². The van der Waals surface area contributed by atoms with Gasteiger partial charge in [-0.15, -0.1) is 0 Å². The van der Waals surface area contributed by atoms with E-state index in [1.54, 1.807) is 28.4 Å². The Bertz CT molecular complexity index is 2830. The van der Waals surface area contributed by atoms with Gasteiger partial charge in [-0.3, -0.25) is 0 Å². The Morgan fingerprint density at radius 3 is 0.456 bits per heavy atom. The topological polar surface area (TPSA) is 102 Å². The summed E-state index contributed by atoms with van der Waals surface area (Å²) in [6.45, 7) is 0. The summed E-state index contributed by atoms with van der Waals surface area (Å²) in [5, 5.41) is 0.